The fourth-order valence-electron chi connectivity index (χ4n) is 3.01. The maximum absolute atomic E-state index is 9.10. The highest BCUT2D eigenvalue weighted by Gasteiger charge is 2.41. The van der Waals surface area contributed by atoms with Crippen molar-refractivity contribution in [2.24, 2.45) is 0 Å². The molecule has 26 heavy (non-hydrogen) atoms. The van der Waals surface area contributed by atoms with Gasteiger partial charge in [0.15, 0.2) is 8.32 Å². The van der Waals surface area contributed by atoms with Crippen LogP contribution in [0.5, 0.6) is 0 Å². The van der Waals surface area contributed by atoms with E-state index < -0.39 is 8.32 Å². The van der Waals surface area contributed by atoms with E-state index in [0.29, 0.717) is 10.6 Å². The van der Waals surface area contributed by atoms with Gasteiger partial charge in [-0.2, -0.15) is 5.26 Å². The Hall–Kier alpha value is -1.06. The lowest BCUT2D eigenvalue weighted by Crippen LogP contribution is -2.55. The molecule has 1 aromatic rings. The van der Waals surface area contributed by atoms with E-state index in [2.05, 4.69) is 50.6 Å². The van der Waals surface area contributed by atoms with Gasteiger partial charge in [-0.05, 0) is 62.1 Å². The van der Waals surface area contributed by atoms with Crippen molar-refractivity contribution >= 4 is 25.6 Å². The van der Waals surface area contributed by atoms with Crippen molar-refractivity contribution in [2.75, 3.05) is 18.4 Å². The molecule has 0 radical (unpaired) electrons. The monoisotopic (exact) mass is 393 g/mol. The summed E-state index contributed by atoms with van der Waals surface area (Å²) in [6.07, 6.45) is 2.47. The number of halogens is 1. The summed E-state index contributed by atoms with van der Waals surface area (Å²) in [5.41, 5.74) is 2.42. The van der Waals surface area contributed by atoms with Gasteiger partial charge < -0.3 is 15.1 Å². The first kappa shape index (κ1) is 21.2. The number of rotatable bonds is 5. The molecule has 2 atom stereocenters. The Labute approximate surface area is 164 Å². The van der Waals surface area contributed by atoms with Crippen LogP contribution < -0.4 is 10.6 Å². The number of nitrogens with one attached hydrogen (secondary N) is 2. The van der Waals surface area contributed by atoms with Crippen LogP contribution in [0.15, 0.2) is 12.1 Å². The van der Waals surface area contributed by atoms with E-state index in [1.165, 1.54) is 0 Å². The molecule has 2 rings (SSSR count). The molecule has 0 amide bonds. The zero-order chi connectivity index (χ0) is 19.5. The molecular formula is C20H32ClN3OSi. The van der Waals surface area contributed by atoms with Crippen LogP contribution in [0.25, 0.3) is 0 Å². The van der Waals surface area contributed by atoms with Crippen molar-refractivity contribution < 1.29 is 4.43 Å². The molecule has 0 spiro atoms. The summed E-state index contributed by atoms with van der Waals surface area (Å²) in [5.74, 6) is 0. The lowest BCUT2D eigenvalue weighted by molar-refractivity contribution is 0.110. The van der Waals surface area contributed by atoms with Crippen molar-refractivity contribution in [3.63, 3.8) is 0 Å². The summed E-state index contributed by atoms with van der Waals surface area (Å²) in [6.45, 7) is 15.2. The lowest BCUT2D eigenvalue weighted by atomic mass is 10.0. The molecule has 1 aliphatic heterocycles. The molecule has 1 aromatic carbocycles. The Morgan fingerprint density at radius 1 is 1.38 bits per heavy atom. The van der Waals surface area contributed by atoms with Gasteiger partial charge in [-0.25, -0.2) is 0 Å². The van der Waals surface area contributed by atoms with E-state index in [1.54, 1.807) is 6.07 Å². The molecule has 1 fully saturated rings. The highest BCUT2D eigenvalue weighted by atomic mass is 35.5. The van der Waals surface area contributed by atoms with Crippen LogP contribution in [0.3, 0.4) is 0 Å². The first-order valence-electron chi connectivity index (χ1n) is 9.41. The van der Waals surface area contributed by atoms with Crippen LogP contribution in [0, 0.1) is 18.3 Å². The van der Waals surface area contributed by atoms with Gasteiger partial charge in [0.05, 0.1) is 16.7 Å². The van der Waals surface area contributed by atoms with E-state index in [4.69, 9.17) is 21.3 Å². The van der Waals surface area contributed by atoms with Crippen LogP contribution in [-0.4, -0.2) is 33.6 Å². The highest BCUT2D eigenvalue weighted by Crippen LogP contribution is 2.38. The van der Waals surface area contributed by atoms with Gasteiger partial charge in [0.2, 0.25) is 0 Å². The summed E-state index contributed by atoms with van der Waals surface area (Å²) in [5, 5.41) is 17.0. The van der Waals surface area contributed by atoms with Gasteiger partial charge in [0.1, 0.15) is 6.07 Å². The Kier molecular flexibility index (Phi) is 6.79. The van der Waals surface area contributed by atoms with Crippen molar-refractivity contribution in [2.45, 2.75) is 70.8 Å². The third kappa shape index (κ3) is 4.80. The molecule has 0 saturated carbocycles. The highest BCUT2D eigenvalue weighted by molar-refractivity contribution is 6.74. The second kappa shape index (κ2) is 8.31. The Balaban J connectivity index is 2.08. The second-order valence-corrected chi connectivity index (χ2v) is 13.8. The Morgan fingerprint density at radius 3 is 2.69 bits per heavy atom. The summed E-state index contributed by atoms with van der Waals surface area (Å²) in [4.78, 5) is 0. The number of hydrogen-bond acceptors (Lipinski definition) is 4. The molecule has 0 unspecified atom stereocenters. The largest absolute Gasteiger partial charge is 0.412 e. The second-order valence-electron chi connectivity index (χ2n) is 8.71. The lowest BCUT2D eigenvalue weighted by Gasteiger charge is -2.43. The third-order valence-electron chi connectivity index (χ3n) is 5.79. The van der Waals surface area contributed by atoms with E-state index >= 15 is 0 Å². The average Bonchev–Trinajstić information content (AvgIpc) is 2.56. The number of nitriles is 1. The van der Waals surface area contributed by atoms with Gasteiger partial charge in [-0.15, -0.1) is 0 Å². The summed E-state index contributed by atoms with van der Waals surface area (Å²) < 4.78 is 6.70. The van der Waals surface area contributed by atoms with Crippen LogP contribution >= 0.6 is 11.6 Å². The molecule has 1 aliphatic rings. The zero-order valence-electron chi connectivity index (χ0n) is 16.9. The molecular weight excluding hydrogens is 362 g/mol. The number of nitrogens with zero attached hydrogens (tertiary/aromatic N) is 1. The minimum Gasteiger partial charge on any atom is -0.412 e. The molecule has 1 heterocycles. The molecule has 0 aliphatic carbocycles. The maximum atomic E-state index is 9.10. The standard InChI is InChI=1S/C20H32ClN3OSi/c1-14-16(10-9-15(12-22)19(14)21)24-13-17-18(8-7-11-23-17)25-26(5,6)20(2,3)4/h9-10,17-18,23-24H,7-8,11,13H2,1-6H3/t17-,18+/m1/s1. The van der Waals surface area contributed by atoms with E-state index in [9.17, 15) is 0 Å². The van der Waals surface area contributed by atoms with Crippen LogP contribution in [0.1, 0.15) is 44.7 Å². The van der Waals surface area contributed by atoms with Crippen molar-refractivity contribution in [3.05, 3.63) is 28.3 Å². The molecule has 2 N–H and O–H groups in total. The number of anilines is 1. The first-order valence-corrected chi connectivity index (χ1v) is 12.7. The minimum absolute atomic E-state index is 0.208. The van der Waals surface area contributed by atoms with Crippen LogP contribution in [0.4, 0.5) is 5.69 Å². The fourth-order valence-corrected chi connectivity index (χ4v) is 4.61. The molecule has 1 saturated heterocycles. The van der Waals surface area contributed by atoms with Crippen molar-refractivity contribution in [1.29, 1.82) is 5.26 Å². The van der Waals surface area contributed by atoms with Crippen LogP contribution in [0.2, 0.25) is 23.2 Å². The van der Waals surface area contributed by atoms with Gasteiger partial charge in [0.25, 0.3) is 0 Å². The van der Waals surface area contributed by atoms with E-state index in [0.717, 1.165) is 37.2 Å². The number of hydrogen-bond donors (Lipinski definition) is 2. The topological polar surface area (TPSA) is 57.1 Å². The number of piperidine rings is 1. The Bertz CT molecular complexity index is 679. The smallest absolute Gasteiger partial charge is 0.192 e. The van der Waals surface area contributed by atoms with E-state index in [1.807, 2.05) is 13.0 Å². The quantitative estimate of drug-likeness (QED) is 0.685. The summed E-state index contributed by atoms with van der Waals surface area (Å²) in [7, 11) is -1.80. The van der Waals surface area contributed by atoms with Gasteiger partial charge in [0, 0.05) is 18.3 Å². The predicted molar refractivity (Wildman–Crippen MR) is 112 cm³/mol. The average molecular weight is 394 g/mol. The SMILES string of the molecule is Cc1c(NC[C@H]2NCCC[C@@H]2O[Si](C)(C)C(C)(C)C)ccc(C#N)c1Cl. The summed E-state index contributed by atoms with van der Waals surface area (Å²) in [6, 6.07) is 6.11. The van der Waals surface area contributed by atoms with E-state index in [-0.39, 0.29) is 17.2 Å². The fraction of sp³-hybridized carbons (Fsp3) is 0.650. The first-order chi connectivity index (χ1) is 12.1. The third-order valence-corrected chi connectivity index (χ3v) is 10.8. The van der Waals surface area contributed by atoms with Crippen molar-refractivity contribution in [1.82, 2.24) is 5.32 Å². The van der Waals surface area contributed by atoms with Gasteiger partial charge >= 0.3 is 0 Å². The van der Waals surface area contributed by atoms with Gasteiger partial charge in [-0.3, -0.25) is 0 Å². The molecule has 0 aromatic heterocycles. The van der Waals surface area contributed by atoms with Crippen LogP contribution in [-0.2, 0) is 4.43 Å². The predicted octanol–water partition coefficient (Wildman–Crippen LogP) is 5.07. The van der Waals surface area contributed by atoms with Crippen molar-refractivity contribution in [3.8, 4) is 6.07 Å². The minimum atomic E-state index is -1.80. The maximum Gasteiger partial charge on any atom is 0.192 e. The Morgan fingerprint density at radius 2 is 2.08 bits per heavy atom. The van der Waals surface area contributed by atoms with Gasteiger partial charge in [-0.1, -0.05) is 32.4 Å². The normalized spacial score (nSPS) is 21.3. The zero-order valence-corrected chi connectivity index (χ0v) is 18.6. The number of benzene rings is 1. The summed E-state index contributed by atoms with van der Waals surface area (Å²) >= 11 is 6.29. The molecule has 6 heteroatoms. The molecule has 0 bridgehead atoms. The molecule has 144 valence electrons. The molecule has 4 nitrogen and oxygen atoms in total.